The summed E-state index contributed by atoms with van der Waals surface area (Å²) in [6, 6.07) is 22.4. The van der Waals surface area contributed by atoms with Gasteiger partial charge in [0.1, 0.15) is 17.8 Å². The number of benzene rings is 3. The van der Waals surface area contributed by atoms with E-state index in [1.54, 1.807) is 30.5 Å². The summed E-state index contributed by atoms with van der Waals surface area (Å²) in [6.07, 6.45) is 1.62. The molecule has 7 heteroatoms. The summed E-state index contributed by atoms with van der Waals surface area (Å²) < 4.78 is 19.6. The van der Waals surface area contributed by atoms with E-state index in [0.717, 1.165) is 27.9 Å². The lowest BCUT2D eigenvalue weighted by molar-refractivity contribution is 0.232. The average Bonchev–Trinajstić information content (AvgIpc) is 3.29. The number of thiol groups is 1. The lowest BCUT2D eigenvalue weighted by Crippen LogP contribution is -2.29. The van der Waals surface area contributed by atoms with Crippen LogP contribution in [-0.4, -0.2) is 15.5 Å². The molecule has 1 unspecified atom stereocenters. The standard InChI is InChI=1S/C24H20FN3O2S/c1-16(17-7-11-20(25)12-8-17)28(31)24(29)26-21-13-9-19(10-14-21)23-22(15-30-27-23)18-5-3-2-4-6-18/h2-16,31H,1H3,(H,26,29). The predicted octanol–water partition coefficient (Wildman–Crippen LogP) is 6.59. The number of halogens is 1. The number of urea groups is 1. The molecule has 0 saturated carbocycles. The van der Waals surface area contributed by atoms with Crippen molar-refractivity contribution in [2.75, 3.05) is 5.32 Å². The number of hydrogen-bond donors (Lipinski definition) is 2. The van der Waals surface area contributed by atoms with E-state index in [4.69, 9.17) is 4.52 Å². The van der Waals surface area contributed by atoms with Crippen molar-refractivity contribution < 1.29 is 13.7 Å². The summed E-state index contributed by atoms with van der Waals surface area (Å²) in [5, 5.41) is 6.95. The Morgan fingerprint density at radius 1 is 1.00 bits per heavy atom. The van der Waals surface area contributed by atoms with E-state index in [0.29, 0.717) is 5.69 Å². The van der Waals surface area contributed by atoms with Gasteiger partial charge in [-0.1, -0.05) is 72.6 Å². The molecule has 0 aliphatic carbocycles. The molecule has 1 atom stereocenters. The third kappa shape index (κ3) is 4.62. The Hall–Kier alpha value is -3.58. The fourth-order valence-corrected chi connectivity index (χ4v) is 3.40. The SMILES string of the molecule is CC(c1ccc(F)cc1)N(S)C(=O)Nc1ccc(-c2nocc2-c2ccccc2)cc1. The molecule has 0 aliphatic rings. The largest absolute Gasteiger partial charge is 0.363 e. The van der Waals surface area contributed by atoms with Crippen molar-refractivity contribution in [2.24, 2.45) is 0 Å². The van der Waals surface area contributed by atoms with Crippen LogP contribution in [0.25, 0.3) is 22.4 Å². The van der Waals surface area contributed by atoms with E-state index < -0.39 is 0 Å². The minimum atomic E-state index is -0.390. The highest BCUT2D eigenvalue weighted by molar-refractivity contribution is 7.78. The van der Waals surface area contributed by atoms with E-state index in [9.17, 15) is 9.18 Å². The van der Waals surface area contributed by atoms with Crippen LogP contribution in [0.4, 0.5) is 14.9 Å². The Bertz CT molecular complexity index is 1160. The van der Waals surface area contributed by atoms with Crippen molar-refractivity contribution in [3.63, 3.8) is 0 Å². The summed E-state index contributed by atoms with van der Waals surface area (Å²) in [7, 11) is 0. The molecule has 1 N–H and O–H groups in total. The van der Waals surface area contributed by atoms with E-state index in [1.807, 2.05) is 49.4 Å². The van der Waals surface area contributed by atoms with E-state index >= 15 is 0 Å². The molecular weight excluding hydrogens is 413 g/mol. The molecule has 5 nitrogen and oxygen atoms in total. The van der Waals surface area contributed by atoms with Gasteiger partial charge in [-0.3, -0.25) is 4.31 Å². The van der Waals surface area contributed by atoms with Crippen molar-refractivity contribution in [3.05, 3.63) is 96.5 Å². The molecule has 4 rings (SSSR count). The van der Waals surface area contributed by atoms with Gasteiger partial charge in [0.2, 0.25) is 0 Å². The smallest absolute Gasteiger partial charge is 0.332 e. The highest BCUT2D eigenvalue weighted by atomic mass is 32.1. The molecule has 31 heavy (non-hydrogen) atoms. The molecule has 4 aromatic rings. The lowest BCUT2D eigenvalue weighted by Gasteiger charge is -2.24. The van der Waals surface area contributed by atoms with Crippen LogP contribution in [0.1, 0.15) is 18.5 Å². The van der Waals surface area contributed by atoms with Gasteiger partial charge in [-0.05, 0) is 42.3 Å². The summed E-state index contributed by atoms with van der Waals surface area (Å²) >= 11 is 4.32. The maximum Gasteiger partial charge on any atom is 0.332 e. The fourth-order valence-electron chi connectivity index (χ4n) is 3.22. The number of aromatic nitrogens is 1. The molecule has 1 aromatic heterocycles. The molecule has 0 saturated heterocycles. The lowest BCUT2D eigenvalue weighted by atomic mass is 10.0. The van der Waals surface area contributed by atoms with Gasteiger partial charge < -0.3 is 9.84 Å². The fraction of sp³-hybridized carbons (Fsp3) is 0.0833. The van der Waals surface area contributed by atoms with Crippen molar-refractivity contribution >= 4 is 24.5 Å². The molecule has 2 amide bonds. The van der Waals surface area contributed by atoms with Crippen LogP contribution < -0.4 is 5.32 Å². The second-order valence-electron chi connectivity index (χ2n) is 7.02. The quantitative estimate of drug-likeness (QED) is 0.349. The van der Waals surface area contributed by atoms with Crippen molar-refractivity contribution in [3.8, 4) is 22.4 Å². The molecule has 0 fully saturated rings. The third-order valence-electron chi connectivity index (χ3n) is 4.99. The minimum Gasteiger partial charge on any atom is -0.363 e. The van der Waals surface area contributed by atoms with Gasteiger partial charge in [0.15, 0.2) is 0 Å². The monoisotopic (exact) mass is 433 g/mol. The van der Waals surface area contributed by atoms with E-state index in [2.05, 4.69) is 23.3 Å². The molecule has 0 radical (unpaired) electrons. The van der Waals surface area contributed by atoms with Gasteiger partial charge in [-0.2, -0.15) is 0 Å². The van der Waals surface area contributed by atoms with Crippen LogP contribution >= 0.6 is 12.8 Å². The number of carbonyl (C=O) groups excluding carboxylic acids is 1. The number of amides is 2. The molecule has 1 heterocycles. The highest BCUT2D eigenvalue weighted by Gasteiger charge is 2.19. The maximum atomic E-state index is 13.1. The summed E-state index contributed by atoms with van der Waals surface area (Å²) in [6.45, 7) is 1.82. The first-order chi connectivity index (χ1) is 15.0. The Balaban J connectivity index is 1.46. The van der Waals surface area contributed by atoms with Crippen LogP contribution in [0.3, 0.4) is 0 Å². The maximum absolute atomic E-state index is 13.1. The number of anilines is 1. The number of nitrogens with zero attached hydrogens (tertiary/aromatic N) is 2. The highest BCUT2D eigenvalue weighted by Crippen LogP contribution is 2.31. The molecular formula is C24H20FN3O2S. The van der Waals surface area contributed by atoms with Gasteiger partial charge in [0.05, 0.1) is 6.04 Å². The zero-order chi connectivity index (χ0) is 21.8. The number of rotatable bonds is 5. The third-order valence-corrected chi connectivity index (χ3v) is 5.52. The van der Waals surface area contributed by atoms with Gasteiger partial charge >= 0.3 is 6.03 Å². The van der Waals surface area contributed by atoms with Gasteiger partial charge in [0.25, 0.3) is 0 Å². The first kappa shape index (κ1) is 20.7. The van der Waals surface area contributed by atoms with E-state index in [1.165, 1.54) is 16.4 Å². The number of hydrogen-bond acceptors (Lipinski definition) is 4. The number of nitrogens with one attached hydrogen (secondary N) is 1. The average molecular weight is 434 g/mol. The van der Waals surface area contributed by atoms with Gasteiger partial charge in [0, 0.05) is 16.8 Å². The Morgan fingerprint density at radius 3 is 2.35 bits per heavy atom. The van der Waals surface area contributed by atoms with Crippen LogP contribution in [0.15, 0.2) is 89.6 Å². The van der Waals surface area contributed by atoms with Crippen LogP contribution in [-0.2, 0) is 0 Å². The topological polar surface area (TPSA) is 58.4 Å². The molecule has 156 valence electrons. The summed E-state index contributed by atoms with van der Waals surface area (Å²) in [5.41, 5.74) is 4.90. The zero-order valence-corrected chi connectivity index (χ0v) is 17.6. The minimum absolute atomic E-state index is 0.325. The van der Waals surface area contributed by atoms with Crippen LogP contribution in [0, 0.1) is 5.82 Å². The molecule has 0 aliphatic heterocycles. The zero-order valence-electron chi connectivity index (χ0n) is 16.7. The van der Waals surface area contributed by atoms with Gasteiger partial charge in [-0.25, -0.2) is 9.18 Å². The summed E-state index contributed by atoms with van der Waals surface area (Å²) in [5.74, 6) is -0.325. The second kappa shape index (κ2) is 9.06. The number of carbonyl (C=O) groups is 1. The van der Waals surface area contributed by atoms with Crippen LogP contribution in [0.5, 0.6) is 0 Å². The Labute approximate surface area is 185 Å². The van der Waals surface area contributed by atoms with Crippen molar-refractivity contribution in [1.29, 1.82) is 0 Å². The Kier molecular flexibility index (Phi) is 6.04. The normalized spacial score (nSPS) is 11.7. The van der Waals surface area contributed by atoms with Crippen molar-refractivity contribution in [2.45, 2.75) is 13.0 Å². The predicted molar refractivity (Wildman–Crippen MR) is 122 cm³/mol. The van der Waals surface area contributed by atoms with Crippen LogP contribution in [0.2, 0.25) is 0 Å². The molecule has 0 bridgehead atoms. The first-order valence-corrected chi connectivity index (χ1v) is 10.1. The molecule has 0 spiro atoms. The molecule has 3 aromatic carbocycles. The first-order valence-electron chi connectivity index (χ1n) is 9.67. The van der Waals surface area contributed by atoms with E-state index in [-0.39, 0.29) is 17.9 Å². The Morgan fingerprint density at radius 2 is 1.68 bits per heavy atom. The second-order valence-corrected chi connectivity index (χ2v) is 7.45. The van der Waals surface area contributed by atoms with Gasteiger partial charge in [-0.15, -0.1) is 0 Å². The summed E-state index contributed by atoms with van der Waals surface area (Å²) in [4.78, 5) is 12.6. The van der Waals surface area contributed by atoms with Crippen molar-refractivity contribution in [1.82, 2.24) is 9.46 Å².